The molecule has 2 aromatic heterocycles. The Morgan fingerprint density at radius 3 is 2.41 bits per heavy atom. The Hall–Kier alpha value is -1.98. The van der Waals surface area contributed by atoms with Crippen molar-refractivity contribution in [2.45, 2.75) is 37.9 Å². The lowest BCUT2D eigenvalue weighted by Crippen LogP contribution is -2.24. The van der Waals surface area contributed by atoms with Crippen molar-refractivity contribution >= 4 is 33.0 Å². The molecule has 3 aromatic rings. The molecule has 11 heteroatoms. The molecule has 2 heterocycles. The van der Waals surface area contributed by atoms with Gasteiger partial charge in [-0.05, 0) is 32.0 Å². The molecule has 0 amide bonds. The molecule has 0 aliphatic carbocycles. The van der Waals surface area contributed by atoms with E-state index in [0.717, 1.165) is 33.8 Å². The number of halogens is 2. The van der Waals surface area contributed by atoms with Crippen LogP contribution in [0.2, 0.25) is 5.02 Å². The SMILES string of the molecule is Cc1ncc(C(C)NCc2cnc(CNS(=O)(=O)c3ccc(F)c(Cl)c3)cn2)s1. The van der Waals surface area contributed by atoms with Gasteiger partial charge in [0, 0.05) is 23.7 Å². The molecule has 0 spiro atoms. The molecule has 1 aromatic carbocycles. The summed E-state index contributed by atoms with van der Waals surface area (Å²) in [6.07, 6.45) is 4.96. The van der Waals surface area contributed by atoms with E-state index in [2.05, 4.69) is 25.0 Å². The van der Waals surface area contributed by atoms with Gasteiger partial charge in [-0.3, -0.25) is 9.97 Å². The minimum atomic E-state index is -3.84. The zero-order valence-corrected chi connectivity index (χ0v) is 18.1. The van der Waals surface area contributed by atoms with E-state index in [-0.39, 0.29) is 22.5 Å². The van der Waals surface area contributed by atoms with Gasteiger partial charge in [-0.1, -0.05) is 11.6 Å². The van der Waals surface area contributed by atoms with E-state index in [0.29, 0.717) is 12.2 Å². The van der Waals surface area contributed by atoms with Crippen LogP contribution in [0.5, 0.6) is 0 Å². The van der Waals surface area contributed by atoms with Crippen LogP contribution in [0.25, 0.3) is 0 Å². The van der Waals surface area contributed by atoms with Crippen molar-refractivity contribution < 1.29 is 12.8 Å². The first-order chi connectivity index (χ1) is 13.7. The van der Waals surface area contributed by atoms with Crippen LogP contribution in [0, 0.1) is 12.7 Å². The summed E-state index contributed by atoms with van der Waals surface area (Å²) in [5, 5.41) is 4.11. The Morgan fingerprint density at radius 1 is 1.14 bits per heavy atom. The summed E-state index contributed by atoms with van der Waals surface area (Å²) in [5.74, 6) is -0.680. The zero-order valence-electron chi connectivity index (χ0n) is 15.7. The second kappa shape index (κ2) is 9.23. The Morgan fingerprint density at radius 2 is 1.83 bits per heavy atom. The maximum atomic E-state index is 13.2. The quantitative estimate of drug-likeness (QED) is 0.540. The van der Waals surface area contributed by atoms with Gasteiger partial charge in [0.15, 0.2) is 0 Å². The minimum Gasteiger partial charge on any atom is -0.304 e. The number of benzene rings is 1. The molecule has 154 valence electrons. The van der Waals surface area contributed by atoms with Gasteiger partial charge < -0.3 is 5.32 Å². The molecule has 1 atom stereocenters. The molecule has 0 aliphatic rings. The van der Waals surface area contributed by atoms with Crippen molar-refractivity contribution in [3.63, 3.8) is 0 Å². The molecule has 0 bridgehead atoms. The first-order valence-electron chi connectivity index (χ1n) is 8.65. The molecule has 0 aliphatic heterocycles. The molecule has 0 saturated heterocycles. The number of hydrogen-bond acceptors (Lipinski definition) is 7. The number of nitrogens with one attached hydrogen (secondary N) is 2. The highest BCUT2D eigenvalue weighted by atomic mass is 35.5. The second-order valence-electron chi connectivity index (χ2n) is 6.28. The molecule has 0 radical (unpaired) electrons. The number of hydrogen-bond donors (Lipinski definition) is 2. The summed E-state index contributed by atoms with van der Waals surface area (Å²) in [6.45, 7) is 4.48. The summed E-state index contributed by atoms with van der Waals surface area (Å²) >= 11 is 7.29. The first-order valence-corrected chi connectivity index (χ1v) is 11.3. The van der Waals surface area contributed by atoms with Crippen LogP contribution < -0.4 is 10.0 Å². The van der Waals surface area contributed by atoms with Crippen LogP contribution >= 0.6 is 22.9 Å². The fourth-order valence-corrected chi connectivity index (χ4v) is 4.48. The summed E-state index contributed by atoms with van der Waals surface area (Å²) in [4.78, 5) is 13.8. The topological polar surface area (TPSA) is 96.9 Å². The highest BCUT2D eigenvalue weighted by molar-refractivity contribution is 7.89. The molecule has 1 unspecified atom stereocenters. The highest BCUT2D eigenvalue weighted by Crippen LogP contribution is 2.20. The first kappa shape index (κ1) is 21.7. The monoisotopic (exact) mass is 455 g/mol. The van der Waals surface area contributed by atoms with Crippen LogP contribution in [0.1, 0.15) is 34.2 Å². The number of aryl methyl sites for hydroxylation is 1. The van der Waals surface area contributed by atoms with E-state index in [4.69, 9.17) is 11.6 Å². The van der Waals surface area contributed by atoms with Gasteiger partial charge in [-0.25, -0.2) is 22.5 Å². The fourth-order valence-electron chi connectivity index (χ4n) is 2.40. The molecule has 2 N–H and O–H groups in total. The highest BCUT2D eigenvalue weighted by Gasteiger charge is 2.16. The van der Waals surface area contributed by atoms with E-state index in [1.54, 1.807) is 17.5 Å². The Labute approximate surface area is 177 Å². The number of thiazole rings is 1. The van der Waals surface area contributed by atoms with E-state index in [1.165, 1.54) is 6.20 Å². The Bertz CT molecular complexity index is 1090. The van der Waals surface area contributed by atoms with E-state index in [9.17, 15) is 12.8 Å². The van der Waals surface area contributed by atoms with Crippen LogP contribution in [-0.2, 0) is 23.1 Å². The molecule has 0 saturated carbocycles. The largest absolute Gasteiger partial charge is 0.304 e. The predicted molar refractivity (Wildman–Crippen MR) is 110 cm³/mol. The van der Waals surface area contributed by atoms with Gasteiger partial charge in [0.25, 0.3) is 0 Å². The van der Waals surface area contributed by atoms with Crippen molar-refractivity contribution in [3.8, 4) is 0 Å². The summed E-state index contributed by atoms with van der Waals surface area (Å²) < 4.78 is 40.2. The maximum absolute atomic E-state index is 13.2. The van der Waals surface area contributed by atoms with Crippen LogP contribution in [-0.4, -0.2) is 23.4 Å². The van der Waals surface area contributed by atoms with Crippen molar-refractivity contribution in [2.75, 3.05) is 0 Å². The van der Waals surface area contributed by atoms with E-state index >= 15 is 0 Å². The van der Waals surface area contributed by atoms with Gasteiger partial charge in [0.05, 0.1) is 45.3 Å². The number of aromatic nitrogens is 3. The van der Waals surface area contributed by atoms with Gasteiger partial charge >= 0.3 is 0 Å². The van der Waals surface area contributed by atoms with Crippen molar-refractivity contribution in [1.29, 1.82) is 0 Å². The van der Waals surface area contributed by atoms with Crippen molar-refractivity contribution in [3.05, 3.63) is 68.9 Å². The van der Waals surface area contributed by atoms with E-state index in [1.807, 2.05) is 20.0 Å². The molecule has 0 fully saturated rings. The Kier molecular flexibility index (Phi) is 6.91. The smallest absolute Gasteiger partial charge is 0.240 e. The lowest BCUT2D eigenvalue weighted by Gasteiger charge is -2.11. The number of rotatable bonds is 8. The predicted octanol–water partition coefficient (Wildman–Crippen LogP) is 3.36. The van der Waals surface area contributed by atoms with Gasteiger partial charge in [-0.2, -0.15) is 0 Å². The maximum Gasteiger partial charge on any atom is 0.240 e. The van der Waals surface area contributed by atoms with Gasteiger partial charge in [-0.15, -0.1) is 11.3 Å². The fraction of sp³-hybridized carbons (Fsp3) is 0.278. The molecular formula is C18H19ClFN5O2S2. The van der Waals surface area contributed by atoms with Crippen LogP contribution in [0.3, 0.4) is 0 Å². The normalized spacial score (nSPS) is 12.8. The summed E-state index contributed by atoms with van der Waals surface area (Å²) in [5.41, 5.74) is 1.19. The minimum absolute atomic E-state index is 0.0470. The van der Waals surface area contributed by atoms with Crippen LogP contribution in [0.15, 0.2) is 41.7 Å². The van der Waals surface area contributed by atoms with Crippen molar-refractivity contribution in [1.82, 2.24) is 25.0 Å². The zero-order chi connectivity index (χ0) is 21.0. The van der Waals surface area contributed by atoms with Crippen molar-refractivity contribution in [2.24, 2.45) is 0 Å². The molecular weight excluding hydrogens is 437 g/mol. The lowest BCUT2D eigenvalue weighted by molar-refractivity contribution is 0.571. The number of sulfonamides is 1. The summed E-state index contributed by atoms with van der Waals surface area (Å²) in [6, 6.07) is 3.35. The van der Waals surface area contributed by atoms with Crippen LogP contribution in [0.4, 0.5) is 4.39 Å². The average Bonchev–Trinajstić information content (AvgIpc) is 3.14. The van der Waals surface area contributed by atoms with E-state index < -0.39 is 15.8 Å². The third-order valence-electron chi connectivity index (χ3n) is 4.06. The molecule has 29 heavy (non-hydrogen) atoms. The number of nitrogens with zero attached hydrogens (tertiary/aromatic N) is 3. The molecule has 3 rings (SSSR count). The van der Waals surface area contributed by atoms with Gasteiger partial charge in [0.2, 0.25) is 10.0 Å². The standard InChI is InChI=1S/C18H19ClFN5O2S2/c1-11(18-10-22-12(2)28-18)21-6-13-7-24-14(8-23-13)9-25-29(26,27)15-3-4-17(20)16(19)5-15/h3-5,7-8,10-11,21,25H,6,9H2,1-2H3. The second-order valence-corrected chi connectivity index (χ2v) is 9.72. The lowest BCUT2D eigenvalue weighted by atomic mass is 10.3. The van der Waals surface area contributed by atoms with Gasteiger partial charge in [0.1, 0.15) is 5.82 Å². The third-order valence-corrected chi connectivity index (χ3v) is 6.84. The molecule has 7 nitrogen and oxygen atoms in total. The Balaban J connectivity index is 1.55. The average molecular weight is 456 g/mol. The third kappa shape index (κ3) is 5.77. The summed E-state index contributed by atoms with van der Waals surface area (Å²) in [7, 11) is -3.84.